The monoisotopic (exact) mass is 357 g/mol. The van der Waals surface area contributed by atoms with Crippen LogP contribution < -0.4 is 0 Å². The molecule has 1 spiro atoms. The molecule has 6 heteroatoms. The molecule has 0 aromatic heterocycles. The first-order valence-electron chi connectivity index (χ1n) is 8.19. The third-order valence-corrected chi connectivity index (χ3v) is 7.92. The second-order valence-corrected chi connectivity index (χ2v) is 9.10. The van der Waals surface area contributed by atoms with E-state index in [0.29, 0.717) is 28.6 Å². The molecule has 23 heavy (non-hydrogen) atoms. The first-order valence-corrected chi connectivity index (χ1v) is 10.0. The quantitative estimate of drug-likeness (QED) is 0.830. The van der Waals surface area contributed by atoms with Crippen LogP contribution in [0.4, 0.5) is 0 Å². The molecule has 3 rings (SSSR count). The van der Waals surface area contributed by atoms with E-state index in [9.17, 15) is 8.42 Å². The second kappa shape index (κ2) is 6.36. The van der Waals surface area contributed by atoms with Gasteiger partial charge >= 0.3 is 0 Å². The van der Waals surface area contributed by atoms with Crippen LogP contribution in [0.1, 0.15) is 37.7 Å². The van der Waals surface area contributed by atoms with Crippen molar-refractivity contribution in [1.29, 1.82) is 0 Å². The maximum atomic E-state index is 13.1. The summed E-state index contributed by atoms with van der Waals surface area (Å²) in [6.07, 6.45) is 5.29. The van der Waals surface area contributed by atoms with Crippen LogP contribution in [0, 0.1) is 12.3 Å². The number of ether oxygens (including phenoxy) is 1. The summed E-state index contributed by atoms with van der Waals surface area (Å²) in [6, 6.07) is 5.08. The highest BCUT2D eigenvalue weighted by Gasteiger charge is 2.48. The SMILES string of the molecule is CO[C@@H]1CCC[C@@]12CCCN(S(=O)(=O)c1cccc(Cl)c1C)C2. The van der Waals surface area contributed by atoms with Crippen molar-refractivity contribution in [3.63, 3.8) is 0 Å². The minimum atomic E-state index is -3.52. The second-order valence-electron chi connectivity index (χ2n) is 6.78. The lowest BCUT2D eigenvalue weighted by Gasteiger charge is -2.43. The molecule has 1 saturated carbocycles. The van der Waals surface area contributed by atoms with Gasteiger partial charge in [-0.15, -0.1) is 0 Å². The van der Waals surface area contributed by atoms with Gasteiger partial charge in [0.1, 0.15) is 0 Å². The van der Waals surface area contributed by atoms with Crippen molar-refractivity contribution in [3.05, 3.63) is 28.8 Å². The van der Waals surface area contributed by atoms with Crippen LogP contribution in [0.25, 0.3) is 0 Å². The van der Waals surface area contributed by atoms with Crippen molar-refractivity contribution in [3.8, 4) is 0 Å². The van der Waals surface area contributed by atoms with Gasteiger partial charge in [0.2, 0.25) is 10.0 Å². The van der Waals surface area contributed by atoms with Crippen LogP contribution in [0.15, 0.2) is 23.1 Å². The number of sulfonamides is 1. The summed E-state index contributed by atoms with van der Waals surface area (Å²) < 4.78 is 33.6. The van der Waals surface area contributed by atoms with Crippen LogP contribution in [0.5, 0.6) is 0 Å². The van der Waals surface area contributed by atoms with E-state index in [2.05, 4.69) is 0 Å². The number of nitrogens with zero attached hydrogens (tertiary/aromatic N) is 1. The van der Waals surface area contributed by atoms with Crippen molar-refractivity contribution in [1.82, 2.24) is 4.31 Å². The van der Waals surface area contributed by atoms with Crippen LogP contribution in [-0.4, -0.2) is 39.0 Å². The van der Waals surface area contributed by atoms with Crippen LogP contribution in [0.3, 0.4) is 0 Å². The average Bonchev–Trinajstić information content (AvgIpc) is 2.91. The minimum absolute atomic E-state index is 0.0213. The Labute approximate surface area is 143 Å². The lowest BCUT2D eigenvalue weighted by molar-refractivity contribution is -0.0184. The molecule has 2 atom stereocenters. The average molecular weight is 358 g/mol. The van der Waals surface area contributed by atoms with Gasteiger partial charge in [-0.1, -0.05) is 24.1 Å². The zero-order valence-electron chi connectivity index (χ0n) is 13.7. The lowest BCUT2D eigenvalue weighted by Crippen LogP contribution is -2.49. The van der Waals surface area contributed by atoms with Gasteiger partial charge in [0, 0.05) is 30.6 Å². The van der Waals surface area contributed by atoms with Gasteiger partial charge in [0.05, 0.1) is 11.0 Å². The Morgan fingerprint density at radius 2 is 2.04 bits per heavy atom. The number of halogens is 1. The predicted octanol–water partition coefficient (Wildman–Crippen LogP) is 3.62. The summed E-state index contributed by atoms with van der Waals surface area (Å²) in [6.45, 7) is 2.90. The fourth-order valence-corrected chi connectivity index (χ4v) is 6.32. The Morgan fingerprint density at radius 1 is 1.30 bits per heavy atom. The van der Waals surface area contributed by atoms with Crippen molar-refractivity contribution >= 4 is 21.6 Å². The summed E-state index contributed by atoms with van der Waals surface area (Å²) in [7, 11) is -1.77. The van der Waals surface area contributed by atoms with Gasteiger partial charge in [-0.05, 0) is 50.3 Å². The van der Waals surface area contributed by atoms with Gasteiger partial charge in [-0.2, -0.15) is 4.31 Å². The van der Waals surface area contributed by atoms with E-state index in [0.717, 1.165) is 32.1 Å². The Bertz CT molecular complexity index is 691. The molecule has 1 aliphatic carbocycles. The lowest BCUT2D eigenvalue weighted by atomic mass is 9.77. The summed E-state index contributed by atoms with van der Waals surface area (Å²) in [4.78, 5) is 0.328. The number of benzene rings is 1. The van der Waals surface area contributed by atoms with E-state index < -0.39 is 10.0 Å². The molecule has 128 valence electrons. The summed E-state index contributed by atoms with van der Waals surface area (Å²) in [5.74, 6) is 0. The zero-order valence-corrected chi connectivity index (χ0v) is 15.3. The first-order chi connectivity index (χ1) is 10.9. The van der Waals surface area contributed by atoms with Gasteiger partial charge in [-0.25, -0.2) is 8.42 Å². The molecule has 0 bridgehead atoms. The Balaban J connectivity index is 1.93. The Morgan fingerprint density at radius 3 is 2.78 bits per heavy atom. The van der Waals surface area contributed by atoms with Crippen molar-refractivity contribution in [2.24, 2.45) is 5.41 Å². The zero-order chi connectivity index (χ0) is 16.7. The predicted molar refractivity (Wildman–Crippen MR) is 91.3 cm³/mol. The molecular formula is C17H24ClNO3S. The molecule has 1 aromatic carbocycles. The number of hydrogen-bond acceptors (Lipinski definition) is 3. The number of rotatable bonds is 3. The van der Waals surface area contributed by atoms with E-state index in [-0.39, 0.29) is 11.5 Å². The molecule has 2 fully saturated rings. The van der Waals surface area contributed by atoms with Crippen LogP contribution in [0.2, 0.25) is 5.02 Å². The highest BCUT2D eigenvalue weighted by molar-refractivity contribution is 7.89. The number of methoxy groups -OCH3 is 1. The molecule has 1 heterocycles. The topological polar surface area (TPSA) is 46.6 Å². The molecule has 1 saturated heterocycles. The standard InChI is InChI=1S/C17H24ClNO3S/c1-13-14(18)6-3-7-15(13)23(20,21)19-11-5-10-17(12-19)9-4-8-16(17)22-2/h3,6-7,16H,4-5,8-12H2,1-2H3/t16-,17+/m1/s1. The van der Waals surface area contributed by atoms with Gasteiger partial charge in [-0.3, -0.25) is 0 Å². The molecule has 4 nitrogen and oxygen atoms in total. The van der Waals surface area contributed by atoms with Gasteiger partial charge in [0.15, 0.2) is 0 Å². The smallest absolute Gasteiger partial charge is 0.243 e. The molecule has 1 aromatic rings. The maximum absolute atomic E-state index is 13.1. The van der Waals surface area contributed by atoms with E-state index >= 15 is 0 Å². The first kappa shape index (κ1) is 17.2. The normalized spacial score (nSPS) is 29.3. The highest BCUT2D eigenvalue weighted by Crippen LogP contribution is 2.47. The number of piperidine rings is 1. The minimum Gasteiger partial charge on any atom is -0.381 e. The van der Waals surface area contributed by atoms with Gasteiger partial charge < -0.3 is 4.74 Å². The van der Waals surface area contributed by atoms with Crippen molar-refractivity contribution in [2.45, 2.75) is 50.0 Å². The van der Waals surface area contributed by atoms with Crippen molar-refractivity contribution < 1.29 is 13.2 Å². The van der Waals surface area contributed by atoms with E-state index in [1.165, 1.54) is 0 Å². The van der Waals surface area contributed by atoms with Crippen molar-refractivity contribution in [2.75, 3.05) is 20.2 Å². The Kier molecular flexibility index (Phi) is 4.76. The van der Waals surface area contributed by atoms with Crippen LogP contribution in [-0.2, 0) is 14.8 Å². The fourth-order valence-electron chi connectivity index (χ4n) is 4.27. The third-order valence-electron chi connectivity index (χ3n) is 5.52. The molecule has 0 radical (unpaired) electrons. The summed E-state index contributed by atoms with van der Waals surface area (Å²) in [5, 5.41) is 0.494. The maximum Gasteiger partial charge on any atom is 0.243 e. The summed E-state index contributed by atoms with van der Waals surface area (Å²) >= 11 is 6.12. The van der Waals surface area contributed by atoms with E-state index in [4.69, 9.17) is 16.3 Å². The molecule has 0 unspecified atom stereocenters. The molecule has 0 N–H and O–H groups in total. The number of hydrogen-bond donors (Lipinski definition) is 0. The van der Waals surface area contributed by atoms with E-state index in [1.807, 2.05) is 0 Å². The summed E-state index contributed by atoms with van der Waals surface area (Å²) in [5.41, 5.74) is 0.607. The highest BCUT2D eigenvalue weighted by atomic mass is 35.5. The molecule has 1 aliphatic heterocycles. The third kappa shape index (κ3) is 2.93. The molecule has 2 aliphatic rings. The largest absolute Gasteiger partial charge is 0.381 e. The van der Waals surface area contributed by atoms with E-state index in [1.54, 1.807) is 36.5 Å². The molecule has 0 amide bonds. The fraction of sp³-hybridized carbons (Fsp3) is 0.647. The molecular weight excluding hydrogens is 334 g/mol. The van der Waals surface area contributed by atoms with Gasteiger partial charge in [0.25, 0.3) is 0 Å². The van der Waals surface area contributed by atoms with Crippen LogP contribution >= 0.6 is 11.6 Å². The Hall–Kier alpha value is -0.620.